The minimum atomic E-state index is -0.149. The van der Waals surface area contributed by atoms with Crippen molar-refractivity contribution >= 4 is 21.8 Å². The third-order valence-corrected chi connectivity index (χ3v) is 12.4. The normalized spacial score (nSPS) is 16.4. The zero-order valence-electron chi connectivity index (χ0n) is 29.6. The van der Waals surface area contributed by atoms with Crippen molar-refractivity contribution in [2.45, 2.75) is 31.1 Å². The maximum absolute atomic E-state index is 10.4. The van der Waals surface area contributed by atoms with Crippen molar-refractivity contribution < 1.29 is 0 Å². The molecule has 1 heterocycles. The molecule has 4 aliphatic rings. The van der Waals surface area contributed by atoms with E-state index in [0.717, 1.165) is 61.1 Å². The van der Waals surface area contributed by atoms with Crippen LogP contribution in [-0.2, 0) is 5.41 Å². The zero-order valence-corrected chi connectivity index (χ0v) is 29.6. The average Bonchev–Trinajstić information content (AvgIpc) is 3.67. The molecule has 0 N–H and O–H groups in total. The van der Waals surface area contributed by atoms with E-state index in [0.29, 0.717) is 16.7 Å². The summed E-state index contributed by atoms with van der Waals surface area (Å²) in [5.41, 5.74) is 19.3. The van der Waals surface area contributed by atoms with Crippen LogP contribution in [0, 0.1) is 34.0 Å². The van der Waals surface area contributed by atoms with E-state index < -0.39 is 0 Å². The number of nitriles is 3. The van der Waals surface area contributed by atoms with E-state index in [-0.39, 0.29) is 17.3 Å². The molecule has 8 aromatic rings. The summed E-state index contributed by atoms with van der Waals surface area (Å²) in [4.78, 5) is 0. The van der Waals surface area contributed by atoms with Crippen molar-refractivity contribution in [2.75, 3.05) is 0 Å². The summed E-state index contributed by atoms with van der Waals surface area (Å²) < 4.78 is 2.39. The molecule has 0 amide bonds. The van der Waals surface area contributed by atoms with Crippen molar-refractivity contribution in [1.29, 1.82) is 15.8 Å². The molecule has 250 valence electrons. The summed E-state index contributed by atoms with van der Waals surface area (Å²) in [6.07, 6.45) is 0. The molecule has 0 aliphatic heterocycles. The Bertz CT molecular complexity index is 3140. The van der Waals surface area contributed by atoms with Crippen molar-refractivity contribution in [2.24, 2.45) is 0 Å². The van der Waals surface area contributed by atoms with Gasteiger partial charge >= 0.3 is 0 Å². The fourth-order valence-electron chi connectivity index (χ4n) is 10.1. The Morgan fingerprint density at radius 3 is 1.91 bits per heavy atom. The van der Waals surface area contributed by atoms with E-state index in [4.69, 9.17) is 0 Å². The molecule has 2 atom stereocenters. The SMILES string of the molecule is CC1(C)c2ccccc2-c2ccc(-n3c4ccccc4c4cc(-c5cc(C#N)cc6c5C5c7ccc(C#N)cc7C6c6ccc(C#N)cc65)ccc43)cc21. The Morgan fingerprint density at radius 2 is 1.13 bits per heavy atom. The molecule has 4 aliphatic carbocycles. The van der Waals surface area contributed by atoms with Gasteiger partial charge in [-0.2, -0.15) is 15.8 Å². The molecule has 4 heteroatoms. The first kappa shape index (κ1) is 30.4. The highest BCUT2D eigenvalue weighted by atomic mass is 15.0. The number of aromatic nitrogens is 1. The molecule has 4 nitrogen and oxygen atoms in total. The molecule has 2 unspecified atom stereocenters. The van der Waals surface area contributed by atoms with E-state index in [9.17, 15) is 15.8 Å². The molecular weight excluding hydrogens is 657 g/mol. The zero-order chi connectivity index (χ0) is 36.5. The molecule has 0 fully saturated rings. The van der Waals surface area contributed by atoms with Crippen LogP contribution < -0.4 is 0 Å². The summed E-state index contributed by atoms with van der Waals surface area (Å²) in [6.45, 7) is 4.64. The van der Waals surface area contributed by atoms with Crippen LogP contribution in [0.25, 0.3) is 49.7 Å². The lowest BCUT2D eigenvalue weighted by Crippen LogP contribution is -2.28. The Balaban J connectivity index is 1.14. The standard InChI is InChI=1S/C50H30N4/c1-50(2)43-9-5-3-7-33(43)34-17-14-32(24-44(34)50)54-45-10-6-4-8-35(45)39-23-31(13-18-46(39)54)38-21-30(27-53)22-42-47-36-15-11-29(26-52)20-41(36)48(49(38)42)37-16-12-28(25-51)19-40(37)47/h3-24,47-48H,1-2H3. The lowest BCUT2D eigenvalue weighted by Gasteiger charge is -2.43. The molecule has 0 saturated carbocycles. The highest BCUT2D eigenvalue weighted by Gasteiger charge is 2.43. The topological polar surface area (TPSA) is 76.3 Å². The maximum atomic E-state index is 10.4. The van der Waals surface area contributed by atoms with Gasteiger partial charge < -0.3 is 4.57 Å². The molecule has 0 radical (unpaired) electrons. The minimum Gasteiger partial charge on any atom is -0.309 e. The van der Waals surface area contributed by atoms with Gasteiger partial charge in [0.05, 0.1) is 45.9 Å². The predicted octanol–water partition coefficient (Wildman–Crippen LogP) is 11.4. The van der Waals surface area contributed by atoms with Crippen molar-refractivity contribution in [3.05, 3.63) is 195 Å². The Kier molecular flexibility index (Phi) is 6.02. The number of benzene rings is 7. The summed E-state index contributed by atoms with van der Waals surface area (Å²) >= 11 is 0. The monoisotopic (exact) mass is 686 g/mol. The maximum Gasteiger partial charge on any atom is 0.0991 e. The number of hydrogen-bond donors (Lipinski definition) is 0. The van der Waals surface area contributed by atoms with Crippen molar-refractivity contribution in [3.8, 4) is 46.1 Å². The van der Waals surface area contributed by atoms with Crippen LogP contribution in [0.3, 0.4) is 0 Å². The predicted molar refractivity (Wildman–Crippen MR) is 213 cm³/mol. The van der Waals surface area contributed by atoms with Gasteiger partial charge in [0.15, 0.2) is 0 Å². The summed E-state index contributed by atoms with van der Waals surface area (Å²) in [7, 11) is 0. The molecule has 2 bridgehead atoms. The highest BCUT2D eigenvalue weighted by molar-refractivity contribution is 6.10. The van der Waals surface area contributed by atoms with Gasteiger partial charge in [-0.05, 0) is 133 Å². The van der Waals surface area contributed by atoms with Crippen molar-refractivity contribution in [3.63, 3.8) is 0 Å². The quantitative estimate of drug-likeness (QED) is 0.182. The number of nitrogens with zero attached hydrogens (tertiary/aromatic N) is 4. The Hall–Kier alpha value is -7.19. The van der Waals surface area contributed by atoms with Gasteiger partial charge in [-0.25, -0.2) is 0 Å². The fourth-order valence-corrected chi connectivity index (χ4v) is 10.1. The van der Waals surface area contributed by atoms with Crippen LogP contribution in [0.2, 0.25) is 0 Å². The van der Waals surface area contributed by atoms with Crippen LogP contribution in [-0.4, -0.2) is 4.57 Å². The second kappa shape index (κ2) is 10.7. The highest BCUT2D eigenvalue weighted by Crippen LogP contribution is 2.58. The first-order chi connectivity index (χ1) is 26.4. The molecule has 1 aromatic heterocycles. The van der Waals surface area contributed by atoms with Gasteiger partial charge in [-0.3, -0.25) is 0 Å². The molecule has 7 aromatic carbocycles. The van der Waals surface area contributed by atoms with Crippen molar-refractivity contribution in [1.82, 2.24) is 4.57 Å². The van der Waals surface area contributed by atoms with Gasteiger partial charge in [0.25, 0.3) is 0 Å². The van der Waals surface area contributed by atoms with Crippen LogP contribution in [0.4, 0.5) is 0 Å². The molecule has 54 heavy (non-hydrogen) atoms. The van der Waals surface area contributed by atoms with Crippen LogP contribution >= 0.6 is 0 Å². The van der Waals surface area contributed by atoms with Gasteiger partial charge in [-0.15, -0.1) is 0 Å². The second-order valence-electron chi connectivity index (χ2n) is 15.4. The van der Waals surface area contributed by atoms with E-state index in [1.165, 1.54) is 33.2 Å². The van der Waals surface area contributed by atoms with Crippen LogP contribution in [0.5, 0.6) is 0 Å². The summed E-state index contributed by atoms with van der Waals surface area (Å²) in [5.74, 6) is -0.293. The van der Waals surface area contributed by atoms with Gasteiger partial charge in [0.2, 0.25) is 0 Å². The van der Waals surface area contributed by atoms with E-state index in [1.807, 2.05) is 36.4 Å². The smallest absolute Gasteiger partial charge is 0.0991 e. The molecule has 0 spiro atoms. The first-order valence-electron chi connectivity index (χ1n) is 18.3. The van der Waals surface area contributed by atoms with Crippen LogP contribution in [0.1, 0.15) is 86.9 Å². The van der Waals surface area contributed by atoms with E-state index in [1.54, 1.807) is 0 Å². The van der Waals surface area contributed by atoms with Gasteiger partial charge in [-0.1, -0.05) is 80.6 Å². The van der Waals surface area contributed by atoms with E-state index in [2.05, 4.69) is 134 Å². The average molecular weight is 687 g/mol. The first-order valence-corrected chi connectivity index (χ1v) is 18.3. The molecule has 0 saturated heterocycles. The Morgan fingerprint density at radius 1 is 0.481 bits per heavy atom. The number of fused-ring (bicyclic) bond motifs is 6. The minimum absolute atomic E-state index is 0.112. The molecular formula is C50H30N4. The largest absolute Gasteiger partial charge is 0.309 e. The number of rotatable bonds is 2. The summed E-state index contributed by atoms with van der Waals surface area (Å²) in [6, 6.07) is 54.2. The lowest BCUT2D eigenvalue weighted by atomic mass is 9.59. The Labute approximate surface area is 313 Å². The molecule has 12 rings (SSSR count). The summed E-state index contributed by atoms with van der Waals surface area (Å²) in [5, 5.41) is 32.5. The second-order valence-corrected chi connectivity index (χ2v) is 15.4. The van der Waals surface area contributed by atoms with Gasteiger partial charge in [0, 0.05) is 33.7 Å². The lowest BCUT2D eigenvalue weighted by molar-refractivity contribution is 0.660. The van der Waals surface area contributed by atoms with Crippen LogP contribution in [0.15, 0.2) is 133 Å². The third-order valence-electron chi connectivity index (χ3n) is 12.4. The van der Waals surface area contributed by atoms with Gasteiger partial charge in [0.1, 0.15) is 0 Å². The fraction of sp³-hybridized carbons (Fsp3) is 0.100. The van der Waals surface area contributed by atoms with E-state index >= 15 is 0 Å². The number of hydrogen-bond acceptors (Lipinski definition) is 3. The number of para-hydroxylation sites is 1. The third kappa shape index (κ3) is 3.88.